The van der Waals surface area contributed by atoms with Crippen molar-refractivity contribution in [1.29, 1.82) is 0 Å². The third-order valence-electron chi connectivity index (χ3n) is 8.49. The van der Waals surface area contributed by atoms with Gasteiger partial charge in [-0.05, 0) is 24.1 Å². The number of likely N-dealkylation sites (tertiary alicyclic amines) is 1. The molecule has 1 aromatic rings. The lowest BCUT2D eigenvalue weighted by Gasteiger charge is -2.54. The van der Waals surface area contributed by atoms with Crippen molar-refractivity contribution in [2.45, 2.75) is 61.4 Å². The highest BCUT2D eigenvalue weighted by Crippen LogP contribution is 2.62. The molecular formula is C24H30ClNO9. The number of quaternary nitrogens is 1. The van der Waals surface area contributed by atoms with Crippen molar-refractivity contribution in [3.63, 3.8) is 0 Å². The number of piperidine rings is 1. The monoisotopic (exact) mass is 511 g/mol. The fourth-order valence-corrected chi connectivity index (χ4v) is 6.86. The van der Waals surface area contributed by atoms with E-state index in [0.717, 1.165) is 31.6 Å². The molecule has 4 N–H and O–H groups in total. The van der Waals surface area contributed by atoms with Gasteiger partial charge in [-0.15, -0.1) is 0 Å². The third-order valence-corrected chi connectivity index (χ3v) is 8.49. The van der Waals surface area contributed by atoms with E-state index in [4.69, 9.17) is 23.7 Å². The number of hydrogen-bond donors (Lipinski definition) is 4. The van der Waals surface area contributed by atoms with Gasteiger partial charge in [0.25, 0.3) is 0 Å². The largest absolute Gasteiger partial charge is 1.00 e. The number of aliphatic hydroxyl groups excluding tert-OH is 3. The average Bonchev–Trinajstić information content (AvgIpc) is 3.30. The Bertz CT molecular complexity index is 1050. The maximum Gasteiger partial charge on any atom is 0.513 e. The molecule has 2 aliphatic carbocycles. The summed E-state index contributed by atoms with van der Waals surface area (Å²) in [4.78, 5) is 14.1. The van der Waals surface area contributed by atoms with Crippen LogP contribution in [0.4, 0.5) is 4.79 Å². The Kier molecular flexibility index (Phi) is 6.18. The smallest absolute Gasteiger partial charge is 0.513 e. The molecule has 0 aromatic heterocycles. The van der Waals surface area contributed by atoms with Crippen LogP contribution in [0.5, 0.6) is 11.5 Å². The van der Waals surface area contributed by atoms with E-state index in [0.29, 0.717) is 23.5 Å². The Morgan fingerprint density at radius 1 is 1.26 bits per heavy atom. The summed E-state index contributed by atoms with van der Waals surface area (Å²) in [7, 11) is 3.87. The number of benzene rings is 1. The Hall–Kier alpha value is -2.08. The van der Waals surface area contributed by atoms with Gasteiger partial charge in [-0.3, -0.25) is 0 Å². The number of allylic oxidation sites excluding steroid dienone is 1. The summed E-state index contributed by atoms with van der Waals surface area (Å²) in [6.45, 7) is 0.630. The normalized spacial score (nSPS) is 40.1. The summed E-state index contributed by atoms with van der Waals surface area (Å²) in [5, 5.41) is 29.0. The van der Waals surface area contributed by atoms with Crippen molar-refractivity contribution in [2.75, 3.05) is 27.3 Å². The number of rotatable bonds is 4. The zero-order valence-electron chi connectivity index (χ0n) is 19.5. The highest BCUT2D eigenvalue weighted by molar-refractivity contribution is 5.65. The second kappa shape index (κ2) is 8.79. The second-order valence-electron chi connectivity index (χ2n) is 9.98. The van der Waals surface area contributed by atoms with Gasteiger partial charge >= 0.3 is 6.16 Å². The van der Waals surface area contributed by atoms with E-state index in [9.17, 15) is 20.1 Å². The molecular weight excluding hydrogens is 482 g/mol. The molecule has 1 aromatic carbocycles. The Morgan fingerprint density at radius 2 is 2.06 bits per heavy atom. The fourth-order valence-electron chi connectivity index (χ4n) is 6.86. The quantitative estimate of drug-likeness (QED) is 0.299. The van der Waals surface area contributed by atoms with E-state index in [2.05, 4.69) is 13.1 Å². The third kappa shape index (κ3) is 3.46. The van der Waals surface area contributed by atoms with Crippen molar-refractivity contribution >= 4 is 6.16 Å². The maximum absolute atomic E-state index is 12.6. The molecule has 6 rings (SSSR count). The van der Waals surface area contributed by atoms with Crippen molar-refractivity contribution in [1.82, 2.24) is 0 Å². The molecule has 1 spiro atoms. The van der Waals surface area contributed by atoms with Gasteiger partial charge < -0.3 is 56.3 Å². The number of carbonyl (C=O) groups is 1. The SMILES string of the molecule is COc1ccc2c3c1OC1C(OC(=O)OC[C@H]4O[C@@H](O)[C@@H](O)C4O)=CCC4[C@@H](C2)[NH+](C)CC[C@]314.[Cl-]. The summed E-state index contributed by atoms with van der Waals surface area (Å²) >= 11 is 0. The van der Waals surface area contributed by atoms with Gasteiger partial charge in [-0.2, -0.15) is 0 Å². The van der Waals surface area contributed by atoms with Gasteiger partial charge in [0.2, 0.25) is 0 Å². The first-order chi connectivity index (χ1) is 16.3. The highest BCUT2D eigenvalue weighted by atomic mass is 35.5. The number of methoxy groups -OCH3 is 1. The van der Waals surface area contributed by atoms with Gasteiger partial charge in [0.1, 0.15) is 30.7 Å². The molecule has 5 aliphatic rings. The molecule has 4 unspecified atom stereocenters. The van der Waals surface area contributed by atoms with E-state index in [-0.39, 0.29) is 24.4 Å². The lowest BCUT2D eigenvalue weighted by atomic mass is 9.53. The molecule has 10 nitrogen and oxygen atoms in total. The highest BCUT2D eigenvalue weighted by Gasteiger charge is 2.66. The molecule has 2 saturated heterocycles. The Labute approximate surface area is 208 Å². The zero-order valence-corrected chi connectivity index (χ0v) is 20.2. The van der Waals surface area contributed by atoms with Crippen LogP contribution >= 0.6 is 0 Å². The van der Waals surface area contributed by atoms with Gasteiger partial charge in [0.15, 0.2) is 23.9 Å². The average molecular weight is 512 g/mol. The number of ether oxygens (including phenoxy) is 5. The predicted molar refractivity (Wildman–Crippen MR) is 114 cm³/mol. The van der Waals surface area contributed by atoms with Crippen molar-refractivity contribution in [3.8, 4) is 11.5 Å². The Balaban J connectivity index is 0.00000253. The fraction of sp³-hybridized carbons (Fsp3) is 0.625. The lowest BCUT2D eigenvalue weighted by molar-refractivity contribution is -0.918. The maximum atomic E-state index is 12.6. The van der Waals surface area contributed by atoms with Crippen LogP contribution in [-0.4, -0.2) is 85.5 Å². The molecule has 9 atom stereocenters. The van der Waals surface area contributed by atoms with Gasteiger partial charge in [0, 0.05) is 24.3 Å². The molecule has 0 amide bonds. The van der Waals surface area contributed by atoms with Crippen molar-refractivity contribution < 1.29 is 61.1 Å². The van der Waals surface area contributed by atoms with E-state index in [1.807, 2.05) is 12.1 Å². The molecule has 0 radical (unpaired) electrons. The van der Waals surface area contributed by atoms with E-state index >= 15 is 0 Å². The van der Waals surface area contributed by atoms with Crippen LogP contribution in [-0.2, 0) is 26.0 Å². The van der Waals surface area contributed by atoms with Crippen molar-refractivity contribution in [2.24, 2.45) is 5.92 Å². The minimum atomic E-state index is -1.53. The number of likely N-dealkylation sites (N-methyl/N-ethyl adjacent to an activating group) is 1. The molecule has 3 heterocycles. The summed E-state index contributed by atoms with van der Waals surface area (Å²) in [6, 6.07) is 4.53. The van der Waals surface area contributed by atoms with Crippen LogP contribution in [0.25, 0.3) is 0 Å². The standard InChI is InChI=1S/C24H29NO9.ClH/c1-25-8-7-24-12-4-6-15(33-23(29)31-10-16-18(26)19(27)22(28)32-16)21(24)34-20-14(30-2)5-3-11(17(20)24)9-13(12)25;/h3,5-6,12-13,16,18-19,21-22,26-28H,4,7-10H2,1-2H3;1H/t12?,13-,16-,18?,19+,21?,22-,24+;/m1./s1. The van der Waals surface area contributed by atoms with Crippen LogP contribution in [0.15, 0.2) is 24.0 Å². The molecule has 192 valence electrons. The van der Waals surface area contributed by atoms with Crippen LogP contribution in [0.3, 0.4) is 0 Å². The first-order valence-corrected chi connectivity index (χ1v) is 11.8. The van der Waals surface area contributed by atoms with Crippen LogP contribution in [0.2, 0.25) is 0 Å². The van der Waals surface area contributed by atoms with Crippen molar-refractivity contribution in [3.05, 3.63) is 35.1 Å². The van der Waals surface area contributed by atoms with E-state index in [1.54, 1.807) is 7.11 Å². The summed E-state index contributed by atoms with van der Waals surface area (Å²) < 4.78 is 28.0. The van der Waals surface area contributed by atoms with E-state index in [1.165, 1.54) is 16.0 Å². The second-order valence-corrected chi connectivity index (χ2v) is 9.98. The topological polar surface area (TPSA) is 128 Å². The van der Waals surface area contributed by atoms with Gasteiger partial charge in [0.05, 0.1) is 32.2 Å². The van der Waals surface area contributed by atoms with Gasteiger partial charge in [-0.25, -0.2) is 4.79 Å². The molecule has 11 heteroatoms. The van der Waals surface area contributed by atoms with Crippen LogP contribution in [0.1, 0.15) is 24.0 Å². The van der Waals surface area contributed by atoms with Gasteiger partial charge in [-0.1, -0.05) is 6.07 Å². The van der Waals surface area contributed by atoms with Crippen LogP contribution < -0.4 is 26.8 Å². The number of carbonyl (C=O) groups excluding carboxylic acids is 1. The molecule has 35 heavy (non-hydrogen) atoms. The first kappa shape index (κ1) is 24.6. The summed E-state index contributed by atoms with van der Waals surface area (Å²) in [5.41, 5.74) is 2.18. The minimum absolute atomic E-state index is 0. The molecule has 2 fully saturated rings. The number of aliphatic hydroxyl groups is 3. The Morgan fingerprint density at radius 3 is 2.77 bits per heavy atom. The van der Waals surface area contributed by atoms with E-state index < -0.39 is 36.9 Å². The number of hydrogen-bond acceptors (Lipinski definition) is 9. The number of nitrogens with one attached hydrogen (secondary N) is 1. The molecule has 2 bridgehead atoms. The molecule has 3 aliphatic heterocycles. The molecule has 0 saturated carbocycles. The predicted octanol–water partition coefficient (Wildman–Crippen LogP) is -3.96. The summed E-state index contributed by atoms with van der Waals surface area (Å²) in [6.07, 6.45) is -2.23. The first-order valence-electron chi connectivity index (χ1n) is 11.8. The minimum Gasteiger partial charge on any atom is -1.00 e. The van der Waals surface area contributed by atoms with Crippen LogP contribution in [0, 0.1) is 5.92 Å². The lowest BCUT2D eigenvalue weighted by Crippen LogP contribution is -3.16. The summed E-state index contributed by atoms with van der Waals surface area (Å²) in [5.74, 6) is 2.19. The zero-order chi connectivity index (χ0) is 23.8. The number of halogens is 1.